The number of hydrogen-bond acceptors (Lipinski definition) is 6. The van der Waals surface area contributed by atoms with Gasteiger partial charge in [-0.2, -0.15) is 0 Å². The van der Waals surface area contributed by atoms with Gasteiger partial charge in [-0.15, -0.1) is 0 Å². The zero-order valence-electron chi connectivity index (χ0n) is 28.5. The van der Waals surface area contributed by atoms with Crippen molar-refractivity contribution in [3.63, 3.8) is 0 Å². The monoisotopic (exact) mass is 659 g/mol. The molecular weight excluding hydrogens is 610 g/mol. The van der Waals surface area contributed by atoms with Gasteiger partial charge < -0.3 is 24.8 Å². The molecule has 256 valence electrons. The van der Waals surface area contributed by atoms with Crippen molar-refractivity contribution in [1.29, 1.82) is 0 Å². The standard InChI is InChI=1S/C42H49N3O4/c1-30-39(28-45-23-9-16-38(45)27-44-21-5-6-22-44)48-42(49-40(30)33-19-17-31(29-46)18-20-33)37-15-8-14-36(25-37)35-13-7-10-32(24-35)26-43-41(47)34-11-3-2-4-12-34/h2-4,7-8,10-15,17-20,24-25,30,38-40,42,46H,5-6,9,16,21-23,26-29H2,1H3,(H,43,47). The number of nitrogens with one attached hydrogen (secondary N) is 1. The van der Waals surface area contributed by atoms with E-state index in [4.69, 9.17) is 9.47 Å². The summed E-state index contributed by atoms with van der Waals surface area (Å²) in [5.41, 5.74) is 6.83. The van der Waals surface area contributed by atoms with Gasteiger partial charge in [0.25, 0.3) is 5.91 Å². The lowest BCUT2D eigenvalue weighted by Gasteiger charge is -2.43. The molecule has 4 aromatic rings. The average Bonchev–Trinajstić information content (AvgIpc) is 3.84. The summed E-state index contributed by atoms with van der Waals surface area (Å²) in [5.74, 6) is 0.0652. The number of benzene rings is 4. The number of aliphatic hydroxyl groups is 1. The minimum atomic E-state index is -0.517. The second-order valence-corrected chi connectivity index (χ2v) is 14.0. The third-order valence-corrected chi connectivity index (χ3v) is 10.6. The Kier molecular flexibility index (Phi) is 10.8. The van der Waals surface area contributed by atoms with E-state index in [2.05, 4.69) is 70.6 Å². The van der Waals surface area contributed by atoms with Crippen molar-refractivity contribution >= 4 is 5.91 Å². The molecule has 0 aliphatic carbocycles. The Morgan fingerprint density at radius 2 is 1.53 bits per heavy atom. The molecule has 49 heavy (non-hydrogen) atoms. The fourth-order valence-electron chi connectivity index (χ4n) is 7.76. The molecule has 3 heterocycles. The Balaban J connectivity index is 1.10. The van der Waals surface area contributed by atoms with Crippen molar-refractivity contribution in [2.75, 3.05) is 32.7 Å². The second-order valence-electron chi connectivity index (χ2n) is 14.0. The fraction of sp³-hybridized carbons (Fsp3) is 0.405. The highest BCUT2D eigenvalue weighted by molar-refractivity contribution is 5.94. The van der Waals surface area contributed by atoms with Crippen molar-refractivity contribution in [3.8, 4) is 11.1 Å². The first-order chi connectivity index (χ1) is 24.0. The van der Waals surface area contributed by atoms with E-state index in [9.17, 15) is 9.90 Å². The molecule has 1 amide bonds. The van der Waals surface area contributed by atoms with E-state index in [0.29, 0.717) is 18.2 Å². The van der Waals surface area contributed by atoms with Crippen molar-refractivity contribution in [2.24, 2.45) is 5.92 Å². The lowest BCUT2D eigenvalue weighted by molar-refractivity contribution is -0.276. The number of rotatable bonds is 11. The maximum absolute atomic E-state index is 12.7. The predicted octanol–water partition coefficient (Wildman–Crippen LogP) is 7.13. The quantitative estimate of drug-likeness (QED) is 0.179. The van der Waals surface area contributed by atoms with Crippen LogP contribution in [0.3, 0.4) is 0 Å². The zero-order chi connectivity index (χ0) is 33.6. The van der Waals surface area contributed by atoms with E-state index >= 15 is 0 Å². The number of ether oxygens (including phenoxy) is 2. The maximum atomic E-state index is 12.7. The molecule has 2 N–H and O–H groups in total. The molecule has 5 atom stereocenters. The molecule has 3 aliphatic heterocycles. The Bertz CT molecular complexity index is 1670. The third kappa shape index (κ3) is 8.14. The Hall–Kier alpha value is -3.85. The Morgan fingerprint density at radius 1 is 0.776 bits per heavy atom. The minimum Gasteiger partial charge on any atom is -0.392 e. The van der Waals surface area contributed by atoms with E-state index < -0.39 is 6.29 Å². The molecule has 0 bridgehead atoms. The van der Waals surface area contributed by atoms with Crippen LogP contribution in [0.5, 0.6) is 0 Å². The van der Waals surface area contributed by atoms with Crippen molar-refractivity contribution in [1.82, 2.24) is 15.1 Å². The van der Waals surface area contributed by atoms with Crippen molar-refractivity contribution in [3.05, 3.63) is 131 Å². The van der Waals surface area contributed by atoms with E-state index in [1.54, 1.807) is 0 Å². The summed E-state index contributed by atoms with van der Waals surface area (Å²) in [4.78, 5) is 18.0. The fourth-order valence-corrected chi connectivity index (χ4v) is 7.76. The summed E-state index contributed by atoms with van der Waals surface area (Å²) in [5, 5.41) is 12.7. The largest absolute Gasteiger partial charge is 0.392 e. The lowest BCUT2D eigenvalue weighted by atomic mass is 9.89. The number of nitrogens with zero attached hydrogens (tertiary/aromatic N) is 2. The van der Waals surface area contributed by atoms with Gasteiger partial charge in [-0.05, 0) is 97.4 Å². The third-order valence-electron chi connectivity index (χ3n) is 10.6. The highest BCUT2D eigenvalue weighted by Gasteiger charge is 2.41. The summed E-state index contributed by atoms with van der Waals surface area (Å²) < 4.78 is 13.8. The Morgan fingerprint density at radius 3 is 2.31 bits per heavy atom. The summed E-state index contributed by atoms with van der Waals surface area (Å²) in [6, 6.07) is 34.8. The number of amides is 1. The molecule has 7 nitrogen and oxygen atoms in total. The maximum Gasteiger partial charge on any atom is 0.251 e. The molecule has 3 fully saturated rings. The summed E-state index contributed by atoms with van der Waals surface area (Å²) >= 11 is 0. The van der Waals surface area contributed by atoms with Crippen LogP contribution in [-0.4, -0.2) is 65.7 Å². The summed E-state index contributed by atoms with van der Waals surface area (Å²) in [6.07, 6.45) is 4.47. The Labute approximate surface area is 290 Å². The molecule has 7 heteroatoms. The van der Waals surface area contributed by atoms with Gasteiger partial charge in [-0.3, -0.25) is 9.69 Å². The summed E-state index contributed by atoms with van der Waals surface area (Å²) in [7, 11) is 0. The first kappa shape index (κ1) is 33.6. The molecule has 4 aromatic carbocycles. The van der Waals surface area contributed by atoms with Gasteiger partial charge in [0.05, 0.1) is 18.8 Å². The number of carbonyl (C=O) groups excluding carboxylic acids is 1. The molecule has 7 rings (SSSR count). The van der Waals surface area contributed by atoms with Gasteiger partial charge >= 0.3 is 0 Å². The van der Waals surface area contributed by atoms with Crippen LogP contribution in [0.15, 0.2) is 103 Å². The van der Waals surface area contributed by atoms with Crippen LogP contribution >= 0.6 is 0 Å². The minimum absolute atomic E-state index is 0.000608. The van der Waals surface area contributed by atoms with Crippen molar-refractivity contribution < 1.29 is 19.4 Å². The number of carbonyl (C=O) groups is 1. The zero-order valence-corrected chi connectivity index (χ0v) is 28.5. The molecule has 3 aliphatic rings. The predicted molar refractivity (Wildman–Crippen MR) is 193 cm³/mol. The highest BCUT2D eigenvalue weighted by Crippen LogP contribution is 2.43. The first-order valence-corrected chi connectivity index (χ1v) is 18.0. The highest BCUT2D eigenvalue weighted by atomic mass is 16.7. The van der Waals surface area contributed by atoms with Gasteiger partial charge in [-0.1, -0.05) is 85.8 Å². The molecule has 0 saturated carbocycles. The van der Waals surface area contributed by atoms with Crippen LogP contribution in [0.4, 0.5) is 0 Å². The van der Waals surface area contributed by atoms with Crippen LogP contribution in [0.2, 0.25) is 0 Å². The van der Waals surface area contributed by atoms with Crippen molar-refractivity contribution in [2.45, 2.75) is 70.3 Å². The molecule has 3 saturated heterocycles. The van der Waals surface area contributed by atoms with Crippen LogP contribution in [0.25, 0.3) is 11.1 Å². The molecule has 0 aromatic heterocycles. The van der Waals surface area contributed by atoms with E-state index in [0.717, 1.165) is 53.0 Å². The molecule has 5 unspecified atom stereocenters. The van der Waals surface area contributed by atoms with Gasteiger partial charge in [-0.25, -0.2) is 0 Å². The van der Waals surface area contributed by atoms with Crippen LogP contribution in [0, 0.1) is 5.92 Å². The van der Waals surface area contributed by atoms with Crippen LogP contribution < -0.4 is 5.32 Å². The molecular formula is C42H49N3O4. The van der Waals surface area contributed by atoms with Gasteiger partial charge in [0, 0.05) is 42.7 Å². The average molecular weight is 660 g/mol. The normalized spacial score (nSPS) is 24.7. The smallest absolute Gasteiger partial charge is 0.251 e. The molecule has 0 spiro atoms. The van der Waals surface area contributed by atoms with E-state index in [1.807, 2.05) is 54.6 Å². The SMILES string of the molecule is CC1C(CN2CCCC2CN2CCCC2)OC(c2cccc(-c3cccc(CNC(=O)c4ccccc4)c3)c2)OC1c1ccc(CO)cc1. The summed E-state index contributed by atoms with van der Waals surface area (Å²) in [6.45, 7) is 8.34. The van der Waals surface area contributed by atoms with Crippen LogP contribution in [0.1, 0.15) is 77.6 Å². The number of hydrogen-bond donors (Lipinski definition) is 2. The van der Waals surface area contributed by atoms with Gasteiger partial charge in [0.15, 0.2) is 6.29 Å². The molecule has 0 radical (unpaired) electrons. The van der Waals surface area contributed by atoms with Gasteiger partial charge in [0.1, 0.15) is 0 Å². The topological polar surface area (TPSA) is 74.3 Å². The number of likely N-dealkylation sites (tertiary alicyclic amines) is 2. The second kappa shape index (κ2) is 15.8. The lowest BCUT2D eigenvalue weighted by Crippen LogP contribution is -2.48. The van der Waals surface area contributed by atoms with Gasteiger partial charge in [0.2, 0.25) is 0 Å². The van der Waals surface area contributed by atoms with E-state index in [-0.39, 0.29) is 30.6 Å². The van der Waals surface area contributed by atoms with Crippen LogP contribution in [-0.2, 0) is 22.6 Å². The first-order valence-electron chi connectivity index (χ1n) is 18.0. The van der Waals surface area contributed by atoms with E-state index in [1.165, 1.54) is 38.8 Å². The number of aliphatic hydroxyl groups excluding tert-OH is 1.